The Kier molecular flexibility index (Phi) is 19.1. The first kappa shape index (κ1) is 29.3. The van der Waals surface area contributed by atoms with Gasteiger partial charge >= 0.3 is 12.1 Å². The molecule has 0 aliphatic carbocycles. The molecule has 0 saturated heterocycles. The minimum absolute atomic E-state index is 0.0654. The van der Waals surface area contributed by atoms with Gasteiger partial charge in [0.15, 0.2) is 0 Å². The highest BCUT2D eigenvalue weighted by molar-refractivity contribution is 5.81. The number of likely N-dealkylation sites (N-methyl/N-ethyl adjacent to an activating group) is 1. The number of hydrogen-bond acceptors (Lipinski definition) is 4. The van der Waals surface area contributed by atoms with Crippen LogP contribution in [-0.2, 0) is 14.3 Å². The Morgan fingerprint density at radius 3 is 1.74 bits per heavy atom. The van der Waals surface area contributed by atoms with E-state index in [9.17, 15) is 9.59 Å². The lowest BCUT2D eigenvalue weighted by molar-refractivity contribution is -0.150. The van der Waals surface area contributed by atoms with Gasteiger partial charge in [-0.1, -0.05) is 97.8 Å². The van der Waals surface area contributed by atoms with Crippen LogP contribution in [0.3, 0.4) is 0 Å². The van der Waals surface area contributed by atoms with Gasteiger partial charge in [0.2, 0.25) is 0 Å². The fraction of sp³-hybridized carbons (Fsp3) is 0.846. The first-order chi connectivity index (χ1) is 15.0. The van der Waals surface area contributed by atoms with Crippen molar-refractivity contribution in [1.29, 1.82) is 0 Å². The van der Waals surface area contributed by atoms with Crippen LogP contribution in [0, 0.1) is 18.3 Å². The molecule has 0 aromatic heterocycles. The summed E-state index contributed by atoms with van der Waals surface area (Å²) in [5, 5.41) is 0. The zero-order valence-corrected chi connectivity index (χ0v) is 20.6. The van der Waals surface area contributed by atoms with Gasteiger partial charge in [0.1, 0.15) is 12.6 Å². The summed E-state index contributed by atoms with van der Waals surface area (Å²) in [7, 11) is 1.56. The molecule has 0 aliphatic rings. The van der Waals surface area contributed by atoms with Gasteiger partial charge in [0.05, 0.1) is 6.61 Å². The maximum absolute atomic E-state index is 12.5. The van der Waals surface area contributed by atoms with Gasteiger partial charge in [-0.25, -0.2) is 9.59 Å². The standard InChI is InChI=1S/C26H47NO4/c1-6-8-10-11-12-13-14-15-16-17-18-19-20-22-30-25(28)24(23(3)4)27(5)26(29)31-21-9-7-2/h2,23-24H,6,8-22H2,1,3-5H3. The number of amides is 1. The summed E-state index contributed by atoms with van der Waals surface area (Å²) in [5.74, 6) is 1.98. The number of unbranched alkanes of at least 4 members (excludes halogenated alkanes) is 12. The summed E-state index contributed by atoms with van der Waals surface area (Å²) in [5.41, 5.74) is 0. The van der Waals surface area contributed by atoms with E-state index in [1.165, 1.54) is 75.5 Å². The van der Waals surface area contributed by atoms with Crippen molar-refractivity contribution in [2.45, 2.75) is 117 Å². The molecule has 0 radical (unpaired) electrons. The molecule has 0 rings (SSSR count). The Hall–Kier alpha value is -1.70. The molecule has 1 amide bonds. The van der Waals surface area contributed by atoms with Crippen molar-refractivity contribution in [2.75, 3.05) is 20.3 Å². The lowest BCUT2D eigenvalue weighted by atomic mass is 10.0. The van der Waals surface area contributed by atoms with E-state index < -0.39 is 12.1 Å². The van der Waals surface area contributed by atoms with E-state index in [2.05, 4.69) is 12.8 Å². The van der Waals surface area contributed by atoms with E-state index in [1.807, 2.05) is 13.8 Å². The minimum Gasteiger partial charge on any atom is -0.464 e. The van der Waals surface area contributed by atoms with E-state index in [1.54, 1.807) is 7.05 Å². The first-order valence-electron chi connectivity index (χ1n) is 12.4. The summed E-state index contributed by atoms with van der Waals surface area (Å²) in [6, 6.07) is -0.652. The lowest BCUT2D eigenvalue weighted by Crippen LogP contribution is -2.46. The van der Waals surface area contributed by atoms with Gasteiger partial charge < -0.3 is 9.47 Å². The average molecular weight is 438 g/mol. The second kappa shape index (κ2) is 20.2. The molecule has 1 atom stereocenters. The van der Waals surface area contributed by atoms with Crippen molar-refractivity contribution in [2.24, 2.45) is 5.92 Å². The van der Waals surface area contributed by atoms with Crippen LogP contribution in [0.4, 0.5) is 4.79 Å². The van der Waals surface area contributed by atoms with Gasteiger partial charge in [-0.05, 0) is 12.3 Å². The third kappa shape index (κ3) is 15.7. The normalized spacial score (nSPS) is 11.7. The quantitative estimate of drug-likeness (QED) is 0.128. The number of carbonyl (C=O) groups is 2. The van der Waals surface area contributed by atoms with E-state index in [0.717, 1.165) is 12.8 Å². The summed E-state index contributed by atoms with van der Waals surface area (Å²) in [6.07, 6.45) is 21.6. The number of hydrogen-bond donors (Lipinski definition) is 0. The van der Waals surface area contributed by atoms with E-state index in [4.69, 9.17) is 15.9 Å². The Labute approximate surface area is 191 Å². The van der Waals surface area contributed by atoms with Crippen LogP contribution in [0.2, 0.25) is 0 Å². The Morgan fingerprint density at radius 1 is 0.806 bits per heavy atom. The van der Waals surface area contributed by atoms with Crippen LogP contribution >= 0.6 is 0 Å². The molecule has 0 aromatic rings. The van der Waals surface area contributed by atoms with Gasteiger partial charge in [-0.15, -0.1) is 12.3 Å². The smallest absolute Gasteiger partial charge is 0.410 e. The van der Waals surface area contributed by atoms with Crippen LogP contribution < -0.4 is 0 Å². The molecule has 0 bridgehead atoms. The Balaban J connectivity index is 3.83. The topological polar surface area (TPSA) is 55.8 Å². The van der Waals surface area contributed by atoms with Crippen LogP contribution in [0.5, 0.6) is 0 Å². The predicted molar refractivity (Wildman–Crippen MR) is 128 cm³/mol. The van der Waals surface area contributed by atoms with Crippen LogP contribution in [0.25, 0.3) is 0 Å². The molecular weight excluding hydrogens is 390 g/mol. The second-order valence-electron chi connectivity index (χ2n) is 8.78. The van der Waals surface area contributed by atoms with E-state index >= 15 is 0 Å². The Bertz CT molecular complexity index is 498. The minimum atomic E-state index is -0.652. The molecule has 5 heteroatoms. The maximum atomic E-state index is 12.5. The van der Waals surface area contributed by atoms with E-state index in [-0.39, 0.29) is 18.5 Å². The average Bonchev–Trinajstić information content (AvgIpc) is 2.73. The summed E-state index contributed by atoms with van der Waals surface area (Å²) in [4.78, 5) is 25.9. The number of esters is 1. The fourth-order valence-corrected chi connectivity index (χ4v) is 3.67. The molecule has 0 heterocycles. The predicted octanol–water partition coefficient (Wildman–Crippen LogP) is 6.74. The second-order valence-corrected chi connectivity index (χ2v) is 8.78. The highest BCUT2D eigenvalue weighted by atomic mass is 16.6. The van der Waals surface area contributed by atoms with Gasteiger partial charge in [0.25, 0.3) is 0 Å². The van der Waals surface area contributed by atoms with E-state index in [0.29, 0.717) is 13.0 Å². The third-order valence-corrected chi connectivity index (χ3v) is 5.54. The highest BCUT2D eigenvalue weighted by Crippen LogP contribution is 2.15. The first-order valence-corrected chi connectivity index (χ1v) is 12.4. The fourth-order valence-electron chi connectivity index (χ4n) is 3.67. The maximum Gasteiger partial charge on any atom is 0.410 e. The Morgan fingerprint density at radius 2 is 1.29 bits per heavy atom. The van der Waals surface area contributed by atoms with Crippen molar-refractivity contribution in [3.05, 3.63) is 0 Å². The van der Waals surface area contributed by atoms with Crippen molar-refractivity contribution in [3.8, 4) is 12.3 Å². The molecule has 0 N–H and O–H groups in total. The van der Waals surface area contributed by atoms with Crippen LogP contribution in [-0.4, -0.2) is 43.3 Å². The summed E-state index contributed by atoms with van der Waals surface area (Å²) in [6.45, 7) is 6.59. The molecule has 0 aromatic carbocycles. The number of ether oxygens (including phenoxy) is 2. The van der Waals surface area contributed by atoms with Crippen molar-refractivity contribution in [1.82, 2.24) is 4.90 Å². The molecule has 0 aliphatic heterocycles. The summed E-state index contributed by atoms with van der Waals surface area (Å²) >= 11 is 0. The largest absolute Gasteiger partial charge is 0.464 e. The lowest BCUT2D eigenvalue weighted by Gasteiger charge is -2.28. The van der Waals surface area contributed by atoms with Gasteiger partial charge in [0, 0.05) is 13.5 Å². The van der Waals surface area contributed by atoms with Crippen molar-refractivity contribution in [3.63, 3.8) is 0 Å². The van der Waals surface area contributed by atoms with Gasteiger partial charge in [-0.3, -0.25) is 4.90 Å². The zero-order valence-electron chi connectivity index (χ0n) is 20.6. The SMILES string of the molecule is C#CCCOC(=O)N(C)C(C(=O)OCCCCCCCCCCCCCCC)C(C)C. The van der Waals surface area contributed by atoms with Crippen molar-refractivity contribution >= 4 is 12.1 Å². The molecule has 180 valence electrons. The summed E-state index contributed by atoms with van der Waals surface area (Å²) < 4.78 is 10.5. The molecule has 5 nitrogen and oxygen atoms in total. The number of nitrogens with zero attached hydrogens (tertiary/aromatic N) is 1. The molecule has 1 unspecified atom stereocenters. The zero-order chi connectivity index (χ0) is 23.3. The van der Waals surface area contributed by atoms with Gasteiger partial charge in [-0.2, -0.15) is 0 Å². The molecular formula is C26H47NO4. The number of rotatable bonds is 19. The molecule has 0 saturated carbocycles. The molecule has 31 heavy (non-hydrogen) atoms. The highest BCUT2D eigenvalue weighted by Gasteiger charge is 2.32. The number of terminal acetylenes is 1. The van der Waals surface area contributed by atoms with Crippen LogP contribution in [0.1, 0.15) is 111 Å². The monoisotopic (exact) mass is 437 g/mol. The van der Waals surface area contributed by atoms with Crippen molar-refractivity contribution < 1.29 is 19.1 Å². The molecule has 0 spiro atoms. The third-order valence-electron chi connectivity index (χ3n) is 5.54. The molecule has 0 fully saturated rings. The van der Waals surface area contributed by atoms with Crippen LogP contribution in [0.15, 0.2) is 0 Å². The number of carbonyl (C=O) groups excluding carboxylic acids is 2.